The molecule has 0 radical (unpaired) electrons. The van der Waals surface area contributed by atoms with Crippen LogP contribution in [-0.2, 0) is 13.1 Å². The normalized spacial score (nSPS) is 12.8. The molecule has 4 aromatic rings. The molecular weight excluding hydrogens is 448 g/mol. The van der Waals surface area contributed by atoms with Crippen LogP contribution in [0.4, 0.5) is 11.4 Å². The van der Waals surface area contributed by atoms with Gasteiger partial charge in [0, 0.05) is 42.7 Å². The summed E-state index contributed by atoms with van der Waals surface area (Å²) in [7, 11) is 0. The number of rotatable bonds is 5. The van der Waals surface area contributed by atoms with E-state index >= 15 is 0 Å². The van der Waals surface area contributed by atoms with Crippen molar-refractivity contribution in [2.75, 3.05) is 11.9 Å². The second-order valence-electron chi connectivity index (χ2n) is 8.32. The number of aryl methyl sites for hydroxylation is 1. The van der Waals surface area contributed by atoms with E-state index < -0.39 is 10.8 Å². The molecule has 0 unspecified atom stereocenters. The third-order valence-electron chi connectivity index (χ3n) is 5.96. The highest BCUT2D eigenvalue weighted by atomic mass is 16.6. The number of H-pyrrole nitrogens is 1. The minimum atomic E-state index is -0.467. The number of nitrogens with one attached hydrogen (secondary N) is 2. The SMILES string of the molecule is Cc1ccc(NC(=O)c2nc(-c3cccc([N+](=O)[O-])c3)n3c2CN(C(=O)c2ccc[nH]2)CC3)cc1. The van der Waals surface area contributed by atoms with Crippen LogP contribution in [0, 0.1) is 17.0 Å². The number of imidazole rings is 1. The number of nitro benzene ring substituents is 1. The second-order valence-corrected chi connectivity index (χ2v) is 8.32. The Bertz CT molecular complexity index is 1420. The molecule has 176 valence electrons. The van der Waals surface area contributed by atoms with Crippen LogP contribution >= 0.6 is 0 Å². The predicted molar refractivity (Wildman–Crippen MR) is 129 cm³/mol. The number of aromatic amines is 1. The number of non-ortho nitro benzene ring substituents is 1. The van der Waals surface area contributed by atoms with Crippen molar-refractivity contribution in [3.63, 3.8) is 0 Å². The molecule has 1 aliphatic rings. The smallest absolute Gasteiger partial charge is 0.276 e. The van der Waals surface area contributed by atoms with Crippen LogP contribution in [0.5, 0.6) is 0 Å². The fourth-order valence-corrected chi connectivity index (χ4v) is 4.16. The van der Waals surface area contributed by atoms with Gasteiger partial charge in [-0.05, 0) is 31.2 Å². The van der Waals surface area contributed by atoms with Crippen molar-refractivity contribution in [1.82, 2.24) is 19.4 Å². The number of aromatic nitrogens is 3. The summed E-state index contributed by atoms with van der Waals surface area (Å²) in [6.45, 7) is 2.93. The van der Waals surface area contributed by atoms with Gasteiger partial charge in [-0.25, -0.2) is 4.98 Å². The number of fused-ring (bicyclic) bond motifs is 1. The van der Waals surface area contributed by atoms with Crippen LogP contribution in [0.2, 0.25) is 0 Å². The van der Waals surface area contributed by atoms with E-state index in [1.165, 1.54) is 12.1 Å². The number of hydrogen-bond acceptors (Lipinski definition) is 5. The molecule has 0 atom stereocenters. The summed E-state index contributed by atoms with van der Waals surface area (Å²) in [6.07, 6.45) is 1.68. The van der Waals surface area contributed by atoms with Crippen LogP contribution in [0.15, 0.2) is 66.9 Å². The van der Waals surface area contributed by atoms with Crippen molar-refractivity contribution >= 4 is 23.2 Å². The van der Waals surface area contributed by atoms with Crippen LogP contribution in [0.1, 0.15) is 32.2 Å². The Hall–Kier alpha value is -4.73. The number of nitro groups is 1. The molecule has 0 spiro atoms. The maximum atomic E-state index is 13.3. The Labute approximate surface area is 200 Å². The highest BCUT2D eigenvalue weighted by Crippen LogP contribution is 2.29. The minimum Gasteiger partial charge on any atom is -0.357 e. The van der Waals surface area contributed by atoms with Gasteiger partial charge in [-0.1, -0.05) is 29.8 Å². The number of carbonyl (C=O) groups is 2. The number of amides is 2. The fraction of sp³-hybridized carbons (Fsp3) is 0.160. The van der Waals surface area contributed by atoms with E-state index in [0.29, 0.717) is 41.6 Å². The summed E-state index contributed by atoms with van der Waals surface area (Å²) < 4.78 is 1.86. The van der Waals surface area contributed by atoms with Gasteiger partial charge in [-0.3, -0.25) is 19.7 Å². The van der Waals surface area contributed by atoms with E-state index in [0.717, 1.165) is 5.56 Å². The molecule has 2 aromatic carbocycles. The van der Waals surface area contributed by atoms with E-state index in [1.54, 1.807) is 47.5 Å². The van der Waals surface area contributed by atoms with Crippen molar-refractivity contribution in [3.8, 4) is 11.4 Å². The third kappa shape index (κ3) is 4.29. The van der Waals surface area contributed by atoms with Crippen molar-refractivity contribution in [1.29, 1.82) is 0 Å². The summed E-state index contributed by atoms with van der Waals surface area (Å²) in [5, 5.41) is 14.2. The maximum absolute atomic E-state index is 13.3. The first kappa shape index (κ1) is 22.1. The fourth-order valence-electron chi connectivity index (χ4n) is 4.16. The summed E-state index contributed by atoms with van der Waals surface area (Å²) in [5.41, 5.74) is 3.35. The number of carbonyl (C=O) groups excluding carboxylic acids is 2. The zero-order valence-electron chi connectivity index (χ0n) is 18.9. The highest BCUT2D eigenvalue weighted by molar-refractivity contribution is 6.04. The Kier molecular flexibility index (Phi) is 5.61. The monoisotopic (exact) mass is 470 g/mol. The van der Waals surface area contributed by atoms with Crippen molar-refractivity contribution < 1.29 is 14.5 Å². The summed E-state index contributed by atoms with van der Waals surface area (Å²) in [6, 6.07) is 17.0. The molecule has 5 rings (SSSR count). The zero-order valence-corrected chi connectivity index (χ0v) is 18.9. The van der Waals surface area contributed by atoms with Crippen molar-refractivity contribution in [2.24, 2.45) is 0 Å². The lowest BCUT2D eigenvalue weighted by atomic mass is 10.1. The molecule has 0 aliphatic carbocycles. The molecule has 3 heterocycles. The number of nitrogens with zero attached hydrogens (tertiary/aromatic N) is 4. The van der Waals surface area contributed by atoms with Gasteiger partial charge in [0.15, 0.2) is 5.69 Å². The van der Waals surface area contributed by atoms with Crippen LogP contribution in [0.3, 0.4) is 0 Å². The van der Waals surface area contributed by atoms with Gasteiger partial charge in [0.25, 0.3) is 17.5 Å². The number of anilines is 1. The first-order valence-electron chi connectivity index (χ1n) is 11.1. The Morgan fingerprint density at radius 1 is 1.09 bits per heavy atom. The van der Waals surface area contributed by atoms with Gasteiger partial charge in [0.2, 0.25) is 0 Å². The minimum absolute atomic E-state index is 0.0649. The summed E-state index contributed by atoms with van der Waals surface area (Å²) in [4.78, 5) is 46.3. The summed E-state index contributed by atoms with van der Waals surface area (Å²) >= 11 is 0. The molecule has 0 fully saturated rings. The maximum Gasteiger partial charge on any atom is 0.276 e. The quantitative estimate of drug-likeness (QED) is 0.337. The van der Waals surface area contributed by atoms with E-state index in [-0.39, 0.29) is 23.8 Å². The average Bonchev–Trinajstić information content (AvgIpc) is 3.53. The molecule has 2 N–H and O–H groups in total. The number of benzene rings is 2. The van der Waals surface area contributed by atoms with Gasteiger partial charge < -0.3 is 19.8 Å². The average molecular weight is 470 g/mol. The van der Waals surface area contributed by atoms with E-state index in [9.17, 15) is 19.7 Å². The summed E-state index contributed by atoms with van der Waals surface area (Å²) in [5.74, 6) is -0.141. The number of hydrogen-bond donors (Lipinski definition) is 2. The predicted octanol–water partition coefficient (Wildman–Crippen LogP) is 4.00. The van der Waals surface area contributed by atoms with Gasteiger partial charge in [-0.2, -0.15) is 0 Å². The molecule has 10 nitrogen and oxygen atoms in total. The Morgan fingerprint density at radius 2 is 1.89 bits per heavy atom. The molecule has 2 amide bonds. The van der Waals surface area contributed by atoms with Crippen molar-refractivity contribution in [3.05, 3.63) is 99.6 Å². The lowest BCUT2D eigenvalue weighted by molar-refractivity contribution is -0.384. The second kappa shape index (κ2) is 8.90. The van der Waals surface area contributed by atoms with E-state index in [4.69, 9.17) is 0 Å². The van der Waals surface area contributed by atoms with E-state index in [1.807, 2.05) is 23.6 Å². The molecular formula is C25H22N6O4. The highest BCUT2D eigenvalue weighted by Gasteiger charge is 2.31. The lowest BCUT2D eigenvalue weighted by Crippen LogP contribution is -2.39. The van der Waals surface area contributed by atoms with E-state index in [2.05, 4.69) is 15.3 Å². The van der Waals surface area contributed by atoms with Crippen LogP contribution < -0.4 is 5.32 Å². The van der Waals surface area contributed by atoms with Crippen LogP contribution in [0.25, 0.3) is 11.4 Å². The molecule has 2 aromatic heterocycles. The van der Waals surface area contributed by atoms with Crippen LogP contribution in [-0.4, -0.2) is 42.7 Å². The first-order valence-corrected chi connectivity index (χ1v) is 11.1. The van der Waals surface area contributed by atoms with Gasteiger partial charge in [-0.15, -0.1) is 0 Å². The first-order chi connectivity index (χ1) is 16.9. The Morgan fingerprint density at radius 3 is 2.60 bits per heavy atom. The largest absolute Gasteiger partial charge is 0.357 e. The van der Waals surface area contributed by atoms with Gasteiger partial charge in [0.1, 0.15) is 11.5 Å². The van der Waals surface area contributed by atoms with Crippen molar-refractivity contribution in [2.45, 2.75) is 20.0 Å². The zero-order chi connectivity index (χ0) is 24.5. The molecule has 1 aliphatic heterocycles. The van der Waals surface area contributed by atoms with Gasteiger partial charge in [0.05, 0.1) is 17.2 Å². The lowest BCUT2D eigenvalue weighted by Gasteiger charge is -2.29. The molecule has 10 heteroatoms. The molecule has 35 heavy (non-hydrogen) atoms. The topological polar surface area (TPSA) is 126 Å². The standard InChI is InChI=1S/C25H22N6O4/c1-16-7-9-18(10-8-16)27-24(32)22-21-15-29(25(33)20-6-3-11-26-20)12-13-30(21)23(28-22)17-4-2-5-19(14-17)31(34)35/h2-11,14,26H,12-13,15H2,1H3,(H,27,32). The molecule has 0 bridgehead atoms. The third-order valence-corrected chi connectivity index (χ3v) is 5.96. The molecule has 0 saturated carbocycles. The molecule has 0 saturated heterocycles. The Balaban J connectivity index is 1.54. The van der Waals surface area contributed by atoms with Gasteiger partial charge >= 0.3 is 0 Å².